The van der Waals surface area contributed by atoms with Gasteiger partial charge in [0.1, 0.15) is 0 Å². The van der Waals surface area contributed by atoms with Gasteiger partial charge in [0.05, 0.1) is 0 Å². The summed E-state index contributed by atoms with van der Waals surface area (Å²) in [6.45, 7) is 0. The van der Waals surface area contributed by atoms with Crippen molar-refractivity contribution in [2.24, 2.45) is 0 Å². The Balaban J connectivity index is 2.73. The standard InChI is InChI=1S/C2HO.Sn.2H/c1-2-3;;;/h1H;;;. The first-order valence-electron chi connectivity index (χ1n) is 0.901. The van der Waals surface area contributed by atoms with E-state index in [9.17, 15) is 0 Å². The molecular formula is C2H3OSn. The summed E-state index contributed by atoms with van der Waals surface area (Å²) in [6.07, 6.45) is 1.63. The Bertz CT molecular complexity index is 27.0. The van der Waals surface area contributed by atoms with Gasteiger partial charge in [-0.25, -0.2) is 0 Å². The second-order valence-corrected chi connectivity index (χ2v) is 1.49. The molecular weight excluding hydrogens is 159 g/mol. The molecule has 0 rings (SSSR count). The van der Waals surface area contributed by atoms with Gasteiger partial charge in [0.2, 0.25) is 0 Å². The van der Waals surface area contributed by atoms with E-state index in [1.54, 1.807) is 6.29 Å². The van der Waals surface area contributed by atoms with E-state index < -0.39 is 0 Å². The maximum atomic E-state index is 9.04. The molecule has 0 aromatic carbocycles. The third kappa shape index (κ3) is 2.34. The van der Waals surface area contributed by atoms with Crippen molar-refractivity contribution in [1.82, 2.24) is 0 Å². The fourth-order valence-corrected chi connectivity index (χ4v) is 0. The summed E-state index contributed by atoms with van der Waals surface area (Å²) in [5, 5.41) is 0. The van der Waals surface area contributed by atoms with E-state index in [1.807, 2.05) is 0 Å². The molecule has 0 bridgehead atoms. The molecule has 0 aliphatic carbocycles. The van der Waals surface area contributed by atoms with E-state index in [4.69, 9.17) is 4.79 Å². The molecule has 4 heavy (non-hydrogen) atoms. The van der Waals surface area contributed by atoms with Crippen molar-refractivity contribution >= 4 is 32.4 Å². The quantitative estimate of drug-likeness (QED) is 0.430. The molecule has 1 nitrogen and oxygen atoms in total. The predicted molar refractivity (Wildman–Crippen MR) is 20.3 cm³/mol. The average molecular weight is 162 g/mol. The molecule has 0 atom stereocenters. The molecule has 0 aromatic rings. The van der Waals surface area contributed by atoms with Crippen LogP contribution in [0.15, 0.2) is 0 Å². The van der Waals surface area contributed by atoms with Crippen LogP contribution in [-0.4, -0.2) is 32.4 Å². The van der Waals surface area contributed by atoms with Crippen LogP contribution >= 0.6 is 0 Å². The van der Waals surface area contributed by atoms with Crippen LogP contribution in [0.3, 0.4) is 0 Å². The zero-order valence-corrected chi connectivity index (χ0v) is 6.23. The summed E-state index contributed by atoms with van der Waals surface area (Å²) in [6, 6.07) is 0. The Morgan fingerprint density at radius 2 is 2.25 bits per heavy atom. The third-order valence-corrected chi connectivity index (χ3v) is 0.559. The Labute approximate surface area is 37.6 Å². The van der Waals surface area contributed by atoms with E-state index >= 15 is 0 Å². The summed E-state index contributed by atoms with van der Waals surface area (Å²) < 4.78 is 1.49. The van der Waals surface area contributed by atoms with Crippen molar-refractivity contribution in [3.8, 4) is 0 Å². The summed E-state index contributed by atoms with van der Waals surface area (Å²) in [5.74, 6) is 0. The first-order valence-corrected chi connectivity index (χ1v) is 3.23. The second-order valence-electron chi connectivity index (χ2n) is 0.322. The van der Waals surface area contributed by atoms with Gasteiger partial charge in [0.15, 0.2) is 0 Å². The van der Waals surface area contributed by atoms with Crippen LogP contribution < -0.4 is 0 Å². The van der Waals surface area contributed by atoms with Crippen molar-refractivity contribution in [3.05, 3.63) is 0 Å². The zero-order chi connectivity index (χ0) is 3.41. The topological polar surface area (TPSA) is 17.1 Å². The van der Waals surface area contributed by atoms with E-state index in [-0.39, 0.29) is 0 Å². The SMILES string of the molecule is O=[C][CH]=[SnH2]. The van der Waals surface area contributed by atoms with E-state index in [1.165, 1.54) is 4.02 Å². The molecule has 0 amide bonds. The molecule has 1 radical (unpaired) electrons. The van der Waals surface area contributed by atoms with Crippen molar-refractivity contribution in [3.63, 3.8) is 0 Å². The Kier molecular flexibility index (Phi) is 3.62. The van der Waals surface area contributed by atoms with Crippen LogP contribution in [0.4, 0.5) is 0 Å². The van der Waals surface area contributed by atoms with Crippen LogP contribution in [-0.2, 0) is 4.79 Å². The molecule has 0 unspecified atom stereocenters. The van der Waals surface area contributed by atoms with Crippen molar-refractivity contribution in [1.29, 1.82) is 0 Å². The third-order valence-electron chi connectivity index (χ3n) is 0.0833. The van der Waals surface area contributed by atoms with Crippen molar-refractivity contribution in [2.45, 2.75) is 0 Å². The van der Waals surface area contributed by atoms with Crippen LogP contribution in [0.25, 0.3) is 0 Å². The molecule has 0 heterocycles. The van der Waals surface area contributed by atoms with Gasteiger partial charge < -0.3 is 0 Å². The second kappa shape index (κ2) is 3.34. The molecule has 0 spiro atoms. The van der Waals surface area contributed by atoms with Crippen LogP contribution in [0.1, 0.15) is 0 Å². The van der Waals surface area contributed by atoms with Crippen molar-refractivity contribution < 1.29 is 4.79 Å². The van der Waals surface area contributed by atoms with E-state index in [0.29, 0.717) is 22.1 Å². The van der Waals surface area contributed by atoms with Crippen LogP contribution in [0.5, 0.6) is 0 Å². The monoisotopic (exact) mass is 163 g/mol. The van der Waals surface area contributed by atoms with Gasteiger partial charge in [-0.05, 0) is 0 Å². The average Bonchev–Trinajstić information content (AvgIpc) is 1.37. The summed E-state index contributed by atoms with van der Waals surface area (Å²) in [5.41, 5.74) is 0. The molecule has 0 saturated carbocycles. The fourth-order valence-electron chi connectivity index (χ4n) is 0. The Morgan fingerprint density at radius 3 is 2.25 bits per heavy atom. The Hall–Kier alpha value is 0.339. The van der Waals surface area contributed by atoms with Gasteiger partial charge in [-0.3, -0.25) is 0 Å². The minimum atomic E-state index is 0.664. The molecule has 2 heteroatoms. The normalized spacial score (nSPS) is 5.00. The minimum absolute atomic E-state index is 0.664. The molecule has 21 valence electrons. The molecule has 0 N–H and O–H groups in total. The van der Waals surface area contributed by atoms with Crippen molar-refractivity contribution in [2.75, 3.05) is 0 Å². The summed E-state index contributed by atoms with van der Waals surface area (Å²) in [4.78, 5) is 9.04. The number of rotatable bonds is 1. The van der Waals surface area contributed by atoms with E-state index in [2.05, 4.69) is 0 Å². The molecule has 0 fully saturated rings. The van der Waals surface area contributed by atoms with Gasteiger partial charge in [0.25, 0.3) is 0 Å². The molecule has 0 saturated heterocycles. The summed E-state index contributed by atoms with van der Waals surface area (Å²) in [7, 11) is 0. The number of hydrogen-bond donors (Lipinski definition) is 0. The first kappa shape index (κ1) is 4.34. The van der Waals surface area contributed by atoms with Gasteiger partial charge in [0, 0.05) is 0 Å². The molecule has 0 aliphatic rings. The molecule has 0 aliphatic heterocycles. The van der Waals surface area contributed by atoms with E-state index in [0.717, 1.165) is 0 Å². The van der Waals surface area contributed by atoms with Gasteiger partial charge in [-0.1, -0.05) is 0 Å². The molecule has 0 aromatic heterocycles. The van der Waals surface area contributed by atoms with Gasteiger partial charge in [-0.2, -0.15) is 0 Å². The Morgan fingerprint density at radius 1 is 2.00 bits per heavy atom. The zero-order valence-electron chi connectivity index (χ0n) is 2.19. The first-order chi connectivity index (χ1) is 1.91. The van der Waals surface area contributed by atoms with Crippen LogP contribution in [0.2, 0.25) is 0 Å². The fraction of sp³-hybridized carbons (Fsp3) is 0. The van der Waals surface area contributed by atoms with Gasteiger partial charge in [-0.15, -0.1) is 0 Å². The predicted octanol–water partition coefficient (Wildman–Crippen LogP) is -1.47. The number of carbonyl (C=O) groups excluding carboxylic acids is 1. The summed E-state index contributed by atoms with van der Waals surface area (Å²) >= 11 is 0.664. The van der Waals surface area contributed by atoms with Gasteiger partial charge >= 0.3 is 37.2 Å². The van der Waals surface area contributed by atoms with Crippen LogP contribution in [0, 0.1) is 0 Å². The number of hydrogen-bond acceptors (Lipinski definition) is 1. The maximum absolute atomic E-state index is 9.04.